The van der Waals surface area contributed by atoms with Gasteiger partial charge >= 0.3 is 6.03 Å². The highest BCUT2D eigenvalue weighted by Crippen LogP contribution is 2.28. The van der Waals surface area contributed by atoms with Gasteiger partial charge in [-0.3, -0.25) is 5.32 Å². The van der Waals surface area contributed by atoms with Crippen molar-refractivity contribution in [3.8, 4) is 5.69 Å². The first kappa shape index (κ1) is 29.5. The van der Waals surface area contributed by atoms with Crippen LogP contribution in [0.15, 0.2) is 89.8 Å². The Bertz CT molecular complexity index is 1620. The van der Waals surface area contributed by atoms with Gasteiger partial charge in [0.2, 0.25) is 10.0 Å². The van der Waals surface area contributed by atoms with Crippen molar-refractivity contribution < 1.29 is 13.2 Å². The number of benzene rings is 3. The van der Waals surface area contributed by atoms with Crippen LogP contribution >= 0.6 is 0 Å². The molecule has 5 rings (SSSR count). The van der Waals surface area contributed by atoms with E-state index in [0.717, 1.165) is 41.8 Å². The molecule has 0 bridgehead atoms. The van der Waals surface area contributed by atoms with Crippen molar-refractivity contribution in [3.63, 3.8) is 0 Å². The molecule has 0 aliphatic carbocycles. The molecule has 8 nitrogen and oxygen atoms in total. The minimum absolute atomic E-state index is 0.175. The number of aromatic nitrogens is 2. The number of anilines is 2. The summed E-state index contributed by atoms with van der Waals surface area (Å²) < 4.78 is 29.2. The molecule has 0 unspecified atom stereocenters. The number of nitrogens with one attached hydrogen (secondary N) is 2. The maximum Gasteiger partial charge on any atom is 0.324 e. The summed E-state index contributed by atoms with van der Waals surface area (Å²) in [5.74, 6) is 1.01. The quantitative estimate of drug-likeness (QED) is 0.250. The van der Waals surface area contributed by atoms with Gasteiger partial charge in [0.15, 0.2) is 0 Å². The van der Waals surface area contributed by atoms with Crippen LogP contribution in [-0.2, 0) is 21.9 Å². The summed E-state index contributed by atoms with van der Waals surface area (Å²) in [6.45, 7) is 9.37. The van der Waals surface area contributed by atoms with Crippen LogP contribution in [0.3, 0.4) is 0 Å². The highest BCUT2D eigenvalue weighted by Gasteiger charge is 2.29. The molecule has 220 valence electrons. The molecule has 2 heterocycles. The molecule has 1 saturated heterocycles. The Morgan fingerprint density at radius 3 is 2.17 bits per heavy atom. The smallest absolute Gasteiger partial charge is 0.308 e. The van der Waals surface area contributed by atoms with Gasteiger partial charge in [0.05, 0.1) is 16.3 Å². The minimum atomic E-state index is -3.44. The summed E-state index contributed by atoms with van der Waals surface area (Å²) in [5, 5.41) is 10.7. The van der Waals surface area contributed by atoms with Crippen molar-refractivity contribution in [3.05, 3.63) is 102 Å². The van der Waals surface area contributed by atoms with E-state index in [1.807, 2.05) is 67.6 Å². The Kier molecular flexibility index (Phi) is 8.52. The van der Waals surface area contributed by atoms with E-state index in [9.17, 15) is 13.2 Å². The van der Waals surface area contributed by atoms with Crippen molar-refractivity contribution in [1.82, 2.24) is 14.1 Å². The summed E-state index contributed by atoms with van der Waals surface area (Å²) in [6.07, 6.45) is 2.51. The third-order valence-electron chi connectivity index (χ3n) is 7.69. The molecule has 4 aromatic rings. The number of nitrogens with zero attached hydrogens (tertiary/aromatic N) is 3. The Labute approximate surface area is 248 Å². The first-order valence-corrected chi connectivity index (χ1v) is 15.8. The van der Waals surface area contributed by atoms with Crippen LogP contribution in [-0.4, -0.2) is 41.6 Å². The number of carbonyl (C=O) groups is 1. The number of hydrogen-bond donors (Lipinski definition) is 2. The SMILES string of the molecule is Cc1ccc(-n2nc(C(C)(C)C)cc2NC(=O)Nc2ccc(CC3CCN(S(=O)(=O)c4ccccc4)CC3)cc2)cc1. The van der Waals surface area contributed by atoms with Crippen LogP contribution < -0.4 is 10.6 Å². The third-order valence-corrected chi connectivity index (χ3v) is 9.60. The maximum atomic E-state index is 13.0. The molecule has 1 aliphatic rings. The number of rotatable bonds is 7. The molecule has 2 N–H and O–H groups in total. The van der Waals surface area contributed by atoms with E-state index in [0.29, 0.717) is 35.4 Å². The van der Waals surface area contributed by atoms with E-state index in [2.05, 4.69) is 31.4 Å². The van der Waals surface area contributed by atoms with Crippen LogP contribution in [0.1, 0.15) is 50.4 Å². The largest absolute Gasteiger partial charge is 0.324 e. The second-order valence-corrected chi connectivity index (χ2v) is 14.0. The Morgan fingerprint density at radius 2 is 1.55 bits per heavy atom. The van der Waals surface area contributed by atoms with Gasteiger partial charge < -0.3 is 5.32 Å². The van der Waals surface area contributed by atoms with E-state index in [1.54, 1.807) is 33.3 Å². The van der Waals surface area contributed by atoms with Gasteiger partial charge in [0.25, 0.3) is 0 Å². The number of aryl methyl sites for hydroxylation is 1. The fraction of sp³-hybridized carbons (Fsp3) is 0.333. The molecule has 0 spiro atoms. The lowest BCUT2D eigenvalue weighted by molar-refractivity contribution is 0.262. The first-order chi connectivity index (χ1) is 20.0. The highest BCUT2D eigenvalue weighted by molar-refractivity contribution is 7.89. The van der Waals surface area contributed by atoms with Crippen LogP contribution in [0.2, 0.25) is 0 Å². The van der Waals surface area contributed by atoms with Crippen LogP contribution in [0.25, 0.3) is 5.69 Å². The van der Waals surface area contributed by atoms with E-state index in [1.165, 1.54) is 0 Å². The highest BCUT2D eigenvalue weighted by atomic mass is 32.2. The van der Waals surface area contributed by atoms with Gasteiger partial charge in [-0.25, -0.2) is 17.9 Å². The van der Waals surface area contributed by atoms with Crippen molar-refractivity contribution in [2.24, 2.45) is 5.92 Å². The van der Waals surface area contributed by atoms with Crippen molar-refractivity contribution >= 4 is 27.6 Å². The van der Waals surface area contributed by atoms with Crippen LogP contribution in [0.4, 0.5) is 16.3 Å². The third kappa shape index (κ3) is 6.91. The van der Waals surface area contributed by atoms with Crippen molar-refractivity contribution in [1.29, 1.82) is 0 Å². The Hall–Kier alpha value is -3.95. The van der Waals surface area contributed by atoms with E-state index < -0.39 is 10.0 Å². The Morgan fingerprint density at radius 1 is 0.905 bits per heavy atom. The van der Waals surface area contributed by atoms with Crippen molar-refractivity contribution in [2.75, 3.05) is 23.7 Å². The molecule has 9 heteroatoms. The lowest BCUT2D eigenvalue weighted by Crippen LogP contribution is -2.38. The molecule has 0 radical (unpaired) electrons. The van der Waals surface area contributed by atoms with E-state index in [4.69, 9.17) is 5.10 Å². The lowest BCUT2D eigenvalue weighted by Gasteiger charge is -2.31. The topological polar surface area (TPSA) is 96.3 Å². The molecule has 0 saturated carbocycles. The molecule has 3 aromatic carbocycles. The predicted molar refractivity (Wildman–Crippen MR) is 168 cm³/mol. The maximum absolute atomic E-state index is 13.0. The van der Waals surface area contributed by atoms with E-state index >= 15 is 0 Å². The van der Waals surface area contributed by atoms with Crippen LogP contribution in [0.5, 0.6) is 0 Å². The summed E-state index contributed by atoms with van der Waals surface area (Å²) >= 11 is 0. The van der Waals surface area contributed by atoms with Gasteiger partial charge in [-0.2, -0.15) is 9.40 Å². The van der Waals surface area contributed by atoms with Gasteiger partial charge in [-0.05, 0) is 74.1 Å². The number of carbonyl (C=O) groups excluding carboxylic acids is 1. The van der Waals surface area contributed by atoms with Gasteiger partial charge in [0.1, 0.15) is 5.82 Å². The summed E-state index contributed by atoms with van der Waals surface area (Å²) in [4.78, 5) is 13.3. The number of piperidine rings is 1. The monoisotopic (exact) mass is 585 g/mol. The minimum Gasteiger partial charge on any atom is -0.308 e. The standard InChI is InChI=1S/C33H39N5O3S/c1-24-10-16-28(17-11-24)38-31(23-30(36-38)33(2,3)4)35-32(39)34-27-14-12-25(13-15-27)22-26-18-20-37(21-19-26)42(40,41)29-8-6-5-7-9-29/h5-17,23,26H,18-22H2,1-4H3,(H2,34,35,39). The molecular weight excluding hydrogens is 546 g/mol. The second-order valence-electron chi connectivity index (χ2n) is 12.1. The zero-order chi connectivity index (χ0) is 29.9. The molecule has 1 aromatic heterocycles. The molecule has 42 heavy (non-hydrogen) atoms. The number of hydrogen-bond acceptors (Lipinski definition) is 4. The second kappa shape index (κ2) is 12.1. The summed E-state index contributed by atoms with van der Waals surface area (Å²) in [6, 6.07) is 26.1. The molecule has 2 amide bonds. The average molecular weight is 586 g/mol. The zero-order valence-electron chi connectivity index (χ0n) is 24.7. The normalized spacial score (nSPS) is 15.0. The summed E-state index contributed by atoms with van der Waals surface area (Å²) in [5.41, 5.74) is 4.59. The first-order valence-electron chi connectivity index (χ1n) is 14.4. The fourth-order valence-corrected chi connectivity index (χ4v) is 6.64. The van der Waals surface area contributed by atoms with E-state index in [-0.39, 0.29) is 11.4 Å². The predicted octanol–water partition coefficient (Wildman–Crippen LogP) is 6.77. The molecule has 1 aliphatic heterocycles. The Balaban J connectivity index is 1.18. The number of sulfonamides is 1. The molecule has 0 atom stereocenters. The molecular formula is C33H39N5O3S. The van der Waals surface area contributed by atoms with Crippen molar-refractivity contribution in [2.45, 2.75) is 57.3 Å². The average Bonchev–Trinajstić information content (AvgIpc) is 3.39. The fourth-order valence-electron chi connectivity index (χ4n) is 5.15. The number of amides is 2. The zero-order valence-corrected chi connectivity index (χ0v) is 25.5. The summed E-state index contributed by atoms with van der Waals surface area (Å²) in [7, 11) is -3.44. The van der Waals surface area contributed by atoms with Gasteiger partial charge in [0, 0.05) is 30.3 Å². The molecule has 1 fully saturated rings. The lowest BCUT2D eigenvalue weighted by atomic mass is 9.91. The number of urea groups is 1. The van der Waals surface area contributed by atoms with Crippen LogP contribution in [0, 0.1) is 12.8 Å². The van der Waals surface area contributed by atoms with Gasteiger partial charge in [-0.1, -0.05) is 68.8 Å². The van der Waals surface area contributed by atoms with Gasteiger partial charge in [-0.15, -0.1) is 0 Å².